The Morgan fingerprint density at radius 3 is 2.76 bits per heavy atom. The highest BCUT2D eigenvalue weighted by Crippen LogP contribution is 2.43. The molecule has 0 aromatic carbocycles. The highest BCUT2D eigenvalue weighted by Gasteiger charge is 2.36. The summed E-state index contributed by atoms with van der Waals surface area (Å²) in [7, 11) is 0. The quantitative estimate of drug-likeness (QED) is 0.651. The van der Waals surface area contributed by atoms with Gasteiger partial charge in [-0.15, -0.1) is 0 Å². The van der Waals surface area contributed by atoms with Crippen molar-refractivity contribution >= 4 is 0 Å². The molecule has 1 unspecified atom stereocenters. The lowest BCUT2D eigenvalue weighted by Gasteiger charge is -2.41. The van der Waals surface area contributed by atoms with Gasteiger partial charge in [0.05, 0.1) is 0 Å². The molecular formula is C16H25N. The number of allylic oxidation sites excluding steroid dienone is 3. The van der Waals surface area contributed by atoms with Crippen molar-refractivity contribution in [3.8, 4) is 0 Å². The maximum Gasteiger partial charge on any atom is 0.0362 e. The van der Waals surface area contributed by atoms with Gasteiger partial charge in [-0.2, -0.15) is 0 Å². The van der Waals surface area contributed by atoms with Gasteiger partial charge in [0.2, 0.25) is 0 Å². The SMILES string of the molecule is CC1(C)CCCN1C1=CCCC2CCCC=C12. The van der Waals surface area contributed by atoms with Crippen molar-refractivity contribution in [2.75, 3.05) is 6.54 Å². The van der Waals surface area contributed by atoms with Crippen LogP contribution in [0.4, 0.5) is 0 Å². The average Bonchev–Trinajstić information content (AvgIpc) is 2.68. The minimum absolute atomic E-state index is 0.381. The molecule has 0 aromatic heterocycles. The molecule has 1 heteroatoms. The van der Waals surface area contributed by atoms with Crippen molar-refractivity contribution in [3.05, 3.63) is 23.4 Å². The van der Waals surface area contributed by atoms with Gasteiger partial charge in [0.25, 0.3) is 0 Å². The Morgan fingerprint density at radius 1 is 1.12 bits per heavy atom. The molecule has 0 amide bonds. The summed E-state index contributed by atoms with van der Waals surface area (Å²) in [5.74, 6) is 0.875. The third-order valence-corrected chi connectivity index (χ3v) is 4.90. The second-order valence-electron chi connectivity index (χ2n) is 6.52. The van der Waals surface area contributed by atoms with Crippen LogP contribution >= 0.6 is 0 Å². The highest BCUT2D eigenvalue weighted by atomic mass is 15.2. The van der Waals surface area contributed by atoms with Crippen molar-refractivity contribution in [2.45, 2.75) is 64.3 Å². The maximum absolute atomic E-state index is 2.69. The van der Waals surface area contributed by atoms with Gasteiger partial charge in [0.1, 0.15) is 0 Å². The standard InChI is InChI=1S/C16H25N/c1-16(2)11-6-12-17(16)15-10-5-8-13-7-3-4-9-14(13)15/h9-10,13H,3-8,11-12H2,1-2H3. The lowest BCUT2D eigenvalue weighted by Crippen LogP contribution is -2.39. The van der Waals surface area contributed by atoms with E-state index in [-0.39, 0.29) is 0 Å². The molecule has 3 aliphatic rings. The monoisotopic (exact) mass is 231 g/mol. The van der Waals surface area contributed by atoms with E-state index in [0.29, 0.717) is 5.54 Å². The van der Waals surface area contributed by atoms with E-state index >= 15 is 0 Å². The van der Waals surface area contributed by atoms with Crippen LogP contribution in [-0.2, 0) is 0 Å². The molecule has 1 saturated heterocycles. The topological polar surface area (TPSA) is 3.24 Å². The molecule has 1 fully saturated rings. The fourth-order valence-electron chi connectivity index (χ4n) is 3.92. The van der Waals surface area contributed by atoms with Crippen LogP contribution in [0.25, 0.3) is 0 Å². The number of hydrogen-bond donors (Lipinski definition) is 0. The van der Waals surface area contributed by atoms with Crippen molar-refractivity contribution in [3.63, 3.8) is 0 Å². The zero-order valence-corrected chi connectivity index (χ0v) is 11.3. The van der Waals surface area contributed by atoms with Gasteiger partial charge < -0.3 is 4.90 Å². The first-order chi connectivity index (χ1) is 8.18. The molecule has 17 heavy (non-hydrogen) atoms. The van der Waals surface area contributed by atoms with E-state index in [4.69, 9.17) is 0 Å². The Kier molecular flexibility index (Phi) is 2.80. The Bertz CT molecular complexity index is 362. The van der Waals surface area contributed by atoms with Crippen molar-refractivity contribution < 1.29 is 0 Å². The average molecular weight is 231 g/mol. The van der Waals surface area contributed by atoms with Gasteiger partial charge in [-0.1, -0.05) is 12.2 Å². The smallest absolute Gasteiger partial charge is 0.0362 e. The first kappa shape index (κ1) is 11.4. The van der Waals surface area contributed by atoms with Crippen LogP contribution in [-0.4, -0.2) is 17.0 Å². The summed E-state index contributed by atoms with van der Waals surface area (Å²) in [5.41, 5.74) is 3.67. The normalized spacial score (nSPS) is 31.9. The zero-order chi connectivity index (χ0) is 11.9. The van der Waals surface area contributed by atoms with E-state index in [0.717, 1.165) is 5.92 Å². The lowest BCUT2D eigenvalue weighted by atomic mass is 9.78. The van der Waals surface area contributed by atoms with Crippen molar-refractivity contribution in [1.82, 2.24) is 4.90 Å². The third kappa shape index (κ3) is 1.94. The summed E-state index contributed by atoms with van der Waals surface area (Å²) in [6, 6.07) is 0. The summed E-state index contributed by atoms with van der Waals surface area (Å²) in [6.45, 7) is 6.09. The Labute approximate surface area is 106 Å². The molecule has 0 spiro atoms. The minimum Gasteiger partial charge on any atom is -0.366 e. The summed E-state index contributed by atoms with van der Waals surface area (Å²) in [4.78, 5) is 2.69. The van der Waals surface area contributed by atoms with Crippen molar-refractivity contribution in [2.24, 2.45) is 5.92 Å². The van der Waals surface area contributed by atoms with Crippen LogP contribution in [0, 0.1) is 5.92 Å². The van der Waals surface area contributed by atoms with E-state index in [1.807, 2.05) is 0 Å². The van der Waals surface area contributed by atoms with Crippen LogP contribution < -0.4 is 0 Å². The van der Waals surface area contributed by atoms with E-state index in [9.17, 15) is 0 Å². The van der Waals surface area contributed by atoms with Gasteiger partial charge in [0.15, 0.2) is 0 Å². The zero-order valence-electron chi connectivity index (χ0n) is 11.3. The molecule has 1 aliphatic heterocycles. The minimum atomic E-state index is 0.381. The predicted molar refractivity (Wildman–Crippen MR) is 72.8 cm³/mol. The predicted octanol–water partition coefficient (Wildman–Crippen LogP) is 4.27. The number of hydrogen-bond acceptors (Lipinski definition) is 1. The molecule has 0 aromatic rings. The molecule has 0 radical (unpaired) electrons. The first-order valence-corrected chi connectivity index (χ1v) is 7.37. The third-order valence-electron chi connectivity index (χ3n) is 4.90. The Balaban J connectivity index is 1.91. The first-order valence-electron chi connectivity index (χ1n) is 7.37. The molecule has 3 rings (SSSR count). The van der Waals surface area contributed by atoms with Gasteiger partial charge >= 0.3 is 0 Å². The summed E-state index contributed by atoms with van der Waals surface area (Å²) in [5, 5.41) is 0. The maximum atomic E-state index is 2.69. The molecule has 1 nitrogen and oxygen atoms in total. The van der Waals surface area contributed by atoms with Gasteiger partial charge in [-0.25, -0.2) is 0 Å². The fraction of sp³-hybridized carbons (Fsp3) is 0.750. The van der Waals surface area contributed by atoms with Crippen LogP contribution in [0.15, 0.2) is 23.4 Å². The largest absolute Gasteiger partial charge is 0.366 e. The fourth-order valence-corrected chi connectivity index (χ4v) is 3.92. The van der Waals surface area contributed by atoms with Crippen LogP contribution in [0.3, 0.4) is 0 Å². The second kappa shape index (κ2) is 4.19. The molecule has 0 saturated carbocycles. The van der Waals surface area contributed by atoms with Gasteiger partial charge in [0, 0.05) is 17.8 Å². The molecule has 0 N–H and O–H groups in total. The molecule has 1 heterocycles. The summed E-state index contributed by atoms with van der Waals surface area (Å²) in [6.07, 6.45) is 14.6. The van der Waals surface area contributed by atoms with Crippen LogP contribution in [0.5, 0.6) is 0 Å². The van der Waals surface area contributed by atoms with Gasteiger partial charge in [-0.05, 0) is 70.3 Å². The van der Waals surface area contributed by atoms with Crippen LogP contribution in [0.2, 0.25) is 0 Å². The van der Waals surface area contributed by atoms with Crippen molar-refractivity contribution in [1.29, 1.82) is 0 Å². The number of fused-ring (bicyclic) bond motifs is 1. The molecule has 0 bridgehead atoms. The summed E-state index contributed by atoms with van der Waals surface area (Å²) >= 11 is 0. The Morgan fingerprint density at radius 2 is 2.00 bits per heavy atom. The molecule has 2 aliphatic carbocycles. The second-order valence-corrected chi connectivity index (χ2v) is 6.52. The molecule has 94 valence electrons. The number of likely N-dealkylation sites (tertiary alicyclic amines) is 1. The van der Waals surface area contributed by atoms with E-state index in [2.05, 4.69) is 30.9 Å². The van der Waals surface area contributed by atoms with E-state index in [1.54, 1.807) is 11.3 Å². The molecule has 1 atom stereocenters. The van der Waals surface area contributed by atoms with E-state index < -0.39 is 0 Å². The Hall–Kier alpha value is -0.720. The number of rotatable bonds is 1. The number of nitrogens with zero attached hydrogens (tertiary/aromatic N) is 1. The molecular weight excluding hydrogens is 206 g/mol. The lowest BCUT2D eigenvalue weighted by molar-refractivity contribution is 0.221. The van der Waals surface area contributed by atoms with Crippen LogP contribution in [0.1, 0.15) is 58.8 Å². The highest BCUT2D eigenvalue weighted by molar-refractivity contribution is 5.37. The van der Waals surface area contributed by atoms with Gasteiger partial charge in [-0.3, -0.25) is 0 Å². The summed E-state index contributed by atoms with van der Waals surface area (Å²) < 4.78 is 0. The van der Waals surface area contributed by atoms with E-state index in [1.165, 1.54) is 51.5 Å².